The molecule has 1 atom stereocenters. The lowest BCUT2D eigenvalue weighted by Crippen LogP contribution is -2.32. The molecule has 1 unspecified atom stereocenters. The quantitative estimate of drug-likeness (QED) is 0.941. The third-order valence-corrected chi connectivity index (χ3v) is 4.72. The average molecular weight is 304 g/mol. The molecule has 0 amide bonds. The van der Waals surface area contributed by atoms with Crippen molar-refractivity contribution in [1.29, 1.82) is 0 Å². The molecular weight excluding hydrogens is 282 g/mol. The van der Waals surface area contributed by atoms with Crippen molar-refractivity contribution in [2.75, 3.05) is 20.1 Å². The van der Waals surface area contributed by atoms with Crippen molar-refractivity contribution in [2.24, 2.45) is 0 Å². The maximum Gasteiger partial charge on any atom is 0.0761 e. The maximum atomic E-state index is 6.27. The Balaban J connectivity index is 1.82. The van der Waals surface area contributed by atoms with E-state index in [1.165, 1.54) is 24.8 Å². The molecule has 2 aromatic rings. The fourth-order valence-corrected chi connectivity index (χ4v) is 3.38. The van der Waals surface area contributed by atoms with E-state index in [0.29, 0.717) is 6.04 Å². The number of hydrogen-bond donors (Lipinski definition) is 1. The van der Waals surface area contributed by atoms with Gasteiger partial charge in [-0.1, -0.05) is 17.7 Å². The van der Waals surface area contributed by atoms with Crippen LogP contribution in [0.2, 0.25) is 5.02 Å². The van der Waals surface area contributed by atoms with E-state index in [2.05, 4.69) is 28.3 Å². The Hall–Kier alpha value is -1.16. The predicted octanol–water partition coefficient (Wildman–Crippen LogP) is 3.46. The van der Waals surface area contributed by atoms with Crippen LogP contribution in [0.25, 0.3) is 10.9 Å². The number of benzene rings is 1. The summed E-state index contributed by atoms with van der Waals surface area (Å²) in [6.07, 6.45) is 5.59. The highest BCUT2D eigenvalue weighted by molar-refractivity contribution is 6.35. The van der Waals surface area contributed by atoms with Crippen molar-refractivity contribution >= 4 is 22.5 Å². The maximum absolute atomic E-state index is 6.27. The van der Waals surface area contributed by atoms with Crippen LogP contribution in [0.4, 0.5) is 0 Å². The molecule has 112 valence electrons. The molecule has 0 aliphatic carbocycles. The van der Waals surface area contributed by atoms with Crippen LogP contribution in [0, 0.1) is 0 Å². The Labute approximate surface area is 131 Å². The van der Waals surface area contributed by atoms with Gasteiger partial charge < -0.3 is 5.32 Å². The van der Waals surface area contributed by atoms with Crippen LogP contribution in [-0.2, 0) is 6.54 Å². The summed E-state index contributed by atoms with van der Waals surface area (Å²) >= 11 is 6.27. The van der Waals surface area contributed by atoms with Gasteiger partial charge in [-0.3, -0.25) is 9.88 Å². The van der Waals surface area contributed by atoms with Crippen LogP contribution in [0.1, 0.15) is 24.8 Å². The minimum Gasteiger partial charge on any atom is -0.317 e. The van der Waals surface area contributed by atoms with E-state index in [9.17, 15) is 0 Å². The molecule has 4 heteroatoms. The Morgan fingerprint density at radius 3 is 3.10 bits per heavy atom. The fraction of sp³-hybridized carbons (Fsp3) is 0.471. The second-order valence-corrected chi connectivity index (χ2v) is 6.26. The van der Waals surface area contributed by atoms with Crippen molar-refractivity contribution in [1.82, 2.24) is 15.2 Å². The lowest BCUT2D eigenvalue weighted by atomic mass is 10.1. The second-order valence-electron chi connectivity index (χ2n) is 5.86. The molecule has 1 N–H and O–H groups in total. The molecular formula is C17H22ClN3. The average Bonchev–Trinajstić information content (AvgIpc) is 2.79. The van der Waals surface area contributed by atoms with Crippen LogP contribution < -0.4 is 5.32 Å². The molecule has 2 heterocycles. The Bertz CT molecular complexity index is 606. The molecule has 21 heavy (non-hydrogen) atoms. The Kier molecular flexibility index (Phi) is 4.73. The molecule has 1 aromatic carbocycles. The Morgan fingerprint density at radius 2 is 2.19 bits per heavy atom. The van der Waals surface area contributed by atoms with E-state index in [1.807, 2.05) is 24.4 Å². The van der Waals surface area contributed by atoms with Gasteiger partial charge in [-0.05, 0) is 63.2 Å². The van der Waals surface area contributed by atoms with E-state index in [0.717, 1.165) is 35.6 Å². The number of halogens is 1. The molecule has 1 aliphatic rings. The van der Waals surface area contributed by atoms with Gasteiger partial charge in [-0.25, -0.2) is 0 Å². The number of rotatable bonds is 3. The van der Waals surface area contributed by atoms with Crippen LogP contribution >= 0.6 is 11.6 Å². The van der Waals surface area contributed by atoms with Crippen LogP contribution in [0.3, 0.4) is 0 Å². The summed E-state index contributed by atoms with van der Waals surface area (Å²) in [5, 5.41) is 5.31. The third-order valence-electron chi connectivity index (χ3n) is 4.39. The van der Waals surface area contributed by atoms with Crippen molar-refractivity contribution in [3.8, 4) is 0 Å². The molecule has 0 bridgehead atoms. The van der Waals surface area contributed by atoms with Crippen molar-refractivity contribution < 1.29 is 0 Å². The van der Waals surface area contributed by atoms with Crippen molar-refractivity contribution in [3.05, 3.63) is 41.0 Å². The van der Waals surface area contributed by atoms with Crippen molar-refractivity contribution in [3.63, 3.8) is 0 Å². The predicted molar refractivity (Wildman–Crippen MR) is 88.7 cm³/mol. The molecule has 1 aliphatic heterocycles. The van der Waals surface area contributed by atoms with Gasteiger partial charge in [0.25, 0.3) is 0 Å². The van der Waals surface area contributed by atoms with E-state index in [4.69, 9.17) is 11.6 Å². The van der Waals surface area contributed by atoms with Gasteiger partial charge in [-0.15, -0.1) is 0 Å². The summed E-state index contributed by atoms with van der Waals surface area (Å²) in [5.41, 5.74) is 2.29. The standard InChI is InChI=1S/C17H22ClN3/c1-21(14-4-2-9-19-11-8-14)12-13-6-7-16(18)15-5-3-10-20-17(13)15/h3,5-7,10,14,19H,2,4,8-9,11-12H2,1H3. The van der Waals surface area contributed by atoms with Gasteiger partial charge in [0.05, 0.1) is 5.52 Å². The first-order valence-corrected chi connectivity index (χ1v) is 8.06. The van der Waals surface area contributed by atoms with Gasteiger partial charge in [0.1, 0.15) is 0 Å². The number of nitrogens with one attached hydrogen (secondary N) is 1. The number of fused-ring (bicyclic) bond motifs is 1. The highest BCUT2D eigenvalue weighted by Crippen LogP contribution is 2.26. The summed E-state index contributed by atoms with van der Waals surface area (Å²) in [6.45, 7) is 3.19. The largest absolute Gasteiger partial charge is 0.317 e. The fourth-order valence-electron chi connectivity index (χ4n) is 3.16. The van der Waals surface area contributed by atoms with Gasteiger partial charge in [0, 0.05) is 29.2 Å². The number of nitrogens with zero attached hydrogens (tertiary/aromatic N) is 2. The minimum atomic E-state index is 0.648. The topological polar surface area (TPSA) is 28.2 Å². The first kappa shape index (κ1) is 14.8. The molecule has 0 radical (unpaired) electrons. The van der Waals surface area contributed by atoms with Crippen LogP contribution in [0.15, 0.2) is 30.5 Å². The zero-order valence-corrected chi connectivity index (χ0v) is 13.2. The number of aromatic nitrogens is 1. The Morgan fingerprint density at radius 1 is 1.29 bits per heavy atom. The molecule has 3 rings (SSSR count). The summed E-state index contributed by atoms with van der Waals surface area (Å²) in [7, 11) is 2.22. The van der Waals surface area contributed by atoms with Gasteiger partial charge in [0.2, 0.25) is 0 Å². The smallest absolute Gasteiger partial charge is 0.0761 e. The van der Waals surface area contributed by atoms with Crippen LogP contribution in [0.5, 0.6) is 0 Å². The van der Waals surface area contributed by atoms with Crippen LogP contribution in [-0.4, -0.2) is 36.1 Å². The first-order valence-electron chi connectivity index (χ1n) is 7.69. The molecule has 3 nitrogen and oxygen atoms in total. The van der Waals surface area contributed by atoms with Gasteiger partial charge in [-0.2, -0.15) is 0 Å². The lowest BCUT2D eigenvalue weighted by molar-refractivity contribution is 0.217. The molecule has 0 spiro atoms. The number of hydrogen-bond acceptors (Lipinski definition) is 3. The third kappa shape index (κ3) is 3.37. The van der Waals surface area contributed by atoms with E-state index >= 15 is 0 Å². The molecule has 1 aromatic heterocycles. The summed E-state index contributed by atoms with van der Waals surface area (Å²) in [4.78, 5) is 7.00. The lowest BCUT2D eigenvalue weighted by Gasteiger charge is -2.27. The second kappa shape index (κ2) is 6.73. The van der Waals surface area contributed by atoms with Crippen molar-refractivity contribution in [2.45, 2.75) is 31.8 Å². The highest BCUT2D eigenvalue weighted by Gasteiger charge is 2.18. The summed E-state index contributed by atoms with van der Waals surface area (Å²) < 4.78 is 0. The monoisotopic (exact) mass is 303 g/mol. The zero-order valence-electron chi connectivity index (χ0n) is 12.5. The van der Waals surface area contributed by atoms with E-state index in [-0.39, 0.29) is 0 Å². The zero-order chi connectivity index (χ0) is 14.7. The minimum absolute atomic E-state index is 0.648. The molecule has 1 fully saturated rings. The number of pyridine rings is 1. The normalized spacial score (nSPS) is 19.9. The molecule has 1 saturated heterocycles. The first-order chi connectivity index (χ1) is 10.3. The van der Waals surface area contributed by atoms with Gasteiger partial charge >= 0.3 is 0 Å². The van der Waals surface area contributed by atoms with E-state index < -0.39 is 0 Å². The summed E-state index contributed by atoms with van der Waals surface area (Å²) in [5.74, 6) is 0. The summed E-state index contributed by atoms with van der Waals surface area (Å²) in [6, 6.07) is 8.74. The molecule has 0 saturated carbocycles. The highest BCUT2D eigenvalue weighted by atomic mass is 35.5. The van der Waals surface area contributed by atoms with E-state index in [1.54, 1.807) is 0 Å². The van der Waals surface area contributed by atoms with Gasteiger partial charge in [0.15, 0.2) is 0 Å². The SMILES string of the molecule is CN(Cc1ccc(Cl)c2cccnc12)C1CCCNCC1.